The highest BCUT2D eigenvalue weighted by Gasteiger charge is 2.20. The number of aliphatic imine (C=N–C) groups is 2. The number of hydrogen-bond donors (Lipinski definition) is 0. The van der Waals surface area contributed by atoms with Gasteiger partial charge < -0.3 is 0 Å². The number of carbonyl (C=O) groups excluding carboxylic acids is 2. The van der Waals surface area contributed by atoms with Gasteiger partial charge in [0.2, 0.25) is 12.2 Å². The second kappa shape index (κ2) is 5.41. The van der Waals surface area contributed by atoms with E-state index in [9.17, 15) is 9.59 Å². The van der Waals surface area contributed by atoms with E-state index in [2.05, 4.69) is 9.98 Å². The van der Waals surface area contributed by atoms with Crippen LogP contribution in [0.3, 0.4) is 0 Å². The minimum Gasteiger partial charge on any atom is -0.211 e. The van der Waals surface area contributed by atoms with Gasteiger partial charge >= 0.3 is 0 Å². The molecule has 2 atom stereocenters. The predicted octanol–water partition coefficient (Wildman–Crippen LogP) is 1.22. The summed E-state index contributed by atoms with van der Waals surface area (Å²) in [7, 11) is 0. The van der Waals surface area contributed by atoms with Crippen molar-refractivity contribution >= 4 is 12.2 Å². The van der Waals surface area contributed by atoms with E-state index in [0.717, 1.165) is 25.7 Å². The number of nitrogens with zero attached hydrogens (tertiary/aromatic N) is 2. The molecule has 4 heteroatoms. The summed E-state index contributed by atoms with van der Waals surface area (Å²) in [4.78, 5) is 27.1. The topological polar surface area (TPSA) is 58.9 Å². The average Bonchev–Trinajstić information content (AvgIpc) is 2.16. The molecule has 4 nitrogen and oxygen atoms in total. The fraction of sp³-hybridized carbons (Fsp3) is 0.778. The van der Waals surface area contributed by atoms with Crippen molar-refractivity contribution in [2.75, 3.05) is 6.54 Å². The van der Waals surface area contributed by atoms with Crippen molar-refractivity contribution in [1.82, 2.24) is 0 Å². The van der Waals surface area contributed by atoms with Gasteiger partial charge in [-0.2, -0.15) is 0 Å². The Labute approximate surface area is 76.8 Å². The van der Waals surface area contributed by atoms with Crippen LogP contribution in [-0.4, -0.2) is 24.7 Å². The molecule has 0 bridgehead atoms. The zero-order valence-corrected chi connectivity index (χ0v) is 7.40. The number of hydrogen-bond acceptors (Lipinski definition) is 4. The standard InChI is InChI=1S/C9H12N2O2/c12-6-10-5-8-2-1-3-9(4-8)11-7-13/h8-9H,1-5H2. The second-order valence-corrected chi connectivity index (χ2v) is 3.34. The van der Waals surface area contributed by atoms with Crippen LogP contribution in [0.25, 0.3) is 0 Å². The molecule has 0 heterocycles. The van der Waals surface area contributed by atoms with E-state index in [1.807, 2.05) is 0 Å². The first-order valence-corrected chi connectivity index (χ1v) is 4.47. The molecular formula is C9H12N2O2. The molecule has 0 saturated heterocycles. The molecule has 1 saturated carbocycles. The Morgan fingerprint density at radius 3 is 2.77 bits per heavy atom. The van der Waals surface area contributed by atoms with Gasteiger partial charge in [0.1, 0.15) is 0 Å². The Morgan fingerprint density at radius 1 is 1.23 bits per heavy atom. The summed E-state index contributed by atoms with van der Waals surface area (Å²) >= 11 is 0. The van der Waals surface area contributed by atoms with Crippen LogP contribution in [-0.2, 0) is 9.59 Å². The van der Waals surface area contributed by atoms with Crippen LogP contribution < -0.4 is 0 Å². The van der Waals surface area contributed by atoms with Crippen molar-refractivity contribution in [2.45, 2.75) is 31.7 Å². The van der Waals surface area contributed by atoms with Crippen molar-refractivity contribution in [1.29, 1.82) is 0 Å². The Bertz CT molecular complexity index is 252. The van der Waals surface area contributed by atoms with Crippen molar-refractivity contribution in [3.8, 4) is 0 Å². The Balaban J connectivity index is 2.41. The summed E-state index contributed by atoms with van der Waals surface area (Å²) in [5.74, 6) is 0.386. The Morgan fingerprint density at radius 2 is 2.08 bits per heavy atom. The molecule has 0 aromatic carbocycles. The molecule has 0 amide bonds. The first-order valence-electron chi connectivity index (χ1n) is 4.47. The van der Waals surface area contributed by atoms with Crippen LogP contribution in [0.1, 0.15) is 25.7 Å². The maximum absolute atomic E-state index is 10.0. The zero-order chi connectivity index (χ0) is 9.52. The summed E-state index contributed by atoms with van der Waals surface area (Å²) in [5.41, 5.74) is 0. The lowest BCUT2D eigenvalue weighted by atomic mass is 9.86. The van der Waals surface area contributed by atoms with E-state index in [4.69, 9.17) is 0 Å². The number of isocyanates is 2. The van der Waals surface area contributed by atoms with Crippen LogP contribution in [0.15, 0.2) is 9.98 Å². The van der Waals surface area contributed by atoms with Gasteiger partial charge in [-0.25, -0.2) is 19.6 Å². The molecule has 1 aliphatic rings. The lowest BCUT2D eigenvalue weighted by Crippen LogP contribution is -2.20. The lowest BCUT2D eigenvalue weighted by molar-refractivity contribution is 0.330. The minimum absolute atomic E-state index is 0.0955. The van der Waals surface area contributed by atoms with Gasteiger partial charge in [-0.05, 0) is 25.2 Å². The van der Waals surface area contributed by atoms with E-state index in [1.54, 1.807) is 6.08 Å². The van der Waals surface area contributed by atoms with Gasteiger partial charge in [-0.1, -0.05) is 6.42 Å². The molecule has 0 radical (unpaired) electrons. The summed E-state index contributed by atoms with van der Waals surface area (Å²) in [6, 6.07) is 0.0955. The summed E-state index contributed by atoms with van der Waals surface area (Å²) in [6.07, 6.45) is 7.03. The smallest absolute Gasteiger partial charge is 0.211 e. The third-order valence-corrected chi connectivity index (χ3v) is 2.40. The van der Waals surface area contributed by atoms with Gasteiger partial charge in [0, 0.05) is 0 Å². The molecule has 0 aliphatic heterocycles. The van der Waals surface area contributed by atoms with Crippen LogP contribution in [0, 0.1) is 5.92 Å². The first kappa shape index (κ1) is 9.85. The van der Waals surface area contributed by atoms with E-state index < -0.39 is 0 Å². The lowest BCUT2D eigenvalue weighted by Gasteiger charge is -2.23. The molecule has 0 aromatic rings. The first-order chi connectivity index (χ1) is 6.36. The third-order valence-electron chi connectivity index (χ3n) is 2.40. The highest BCUT2D eigenvalue weighted by Crippen LogP contribution is 2.26. The van der Waals surface area contributed by atoms with E-state index in [1.165, 1.54) is 6.08 Å². The Kier molecular flexibility index (Phi) is 4.10. The number of rotatable bonds is 3. The quantitative estimate of drug-likeness (QED) is 0.484. The van der Waals surface area contributed by atoms with Crippen molar-refractivity contribution in [2.24, 2.45) is 15.9 Å². The summed E-state index contributed by atoms with van der Waals surface area (Å²) in [6.45, 7) is 0.522. The van der Waals surface area contributed by atoms with E-state index in [0.29, 0.717) is 12.5 Å². The monoisotopic (exact) mass is 180 g/mol. The van der Waals surface area contributed by atoms with Crippen LogP contribution in [0.2, 0.25) is 0 Å². The molecule has 1 rings (SSSR count). The average molecular weight is 180 g/mol. The third kappa shape index (κ3) is 3.32. The largest absolute Gasteiger partial charge is 0.235 e. The van der Waals surface area contributed by atoms with Crippen molar-refractivity contribution in [3.63, 3.8) is 0 Å². The van der Waals surface area contributed by atoms with Gasteiger partial charge in [0.05, 0.1) is 12.6 Å². The predicted molar refractivity (Wildman–Crippen MR) is 46.9 cm³/mol. The molecule has 13 heavy (non-hydrogen) atoms. The maximum atomic E-state index is 10.0. The fourth-order valence-electron chi connectivity index (χ4n) is 1.79. The zero-order valence-electron chi connectivity index (χ0n) is 7.40. The van der Waals surface area contributed by atoms with Gasteiger partial charge in [0.15, 0.2) is 0 Å². The van der Waals surface area contributed by atoms with Crippen molar-refractivity contribution in [3.05, 3.63) is 0 Å². The highest BCUT2D eigenvalue weighted by atomic mass is 16.1. The minimum atomic E-state index is 0.0955. The SMILES string of the molecule is O=C=NCC1CCCC(N=C=O)C1. The molecular weight excluding hydrogens is 168 g/mol. The molecule has 70 valence electrons. The van der Waals surface area contributed by atoms with Gasteiger partial charge in [0.25, 0.3) is 0 Å². The molecule has 0 aromatic heterocycles. The normalized spacial score (nSPS) is 27.1. The fourth-order valence-corrected chi connectivity index (χ4v) is 1.79. The maximum Gasteiger partial charge on any atom is 0.235 e. The highest BCUT2D eigenvalue weighted by molar-refractivity contribution is 5.34. The second-order valence-electron chi connectivity index (χ2n) is 3.34. The summed E-state index contributed by atoms with van der Waals surface area (Å²) in [5, 5.41) is 0. The van der Waals surface area contributed by atoms with Gasteiger partial charge in [-0.15, -0.1) is 0 Å². The van der Waals surface area contributed by atoms with Crippen LogP contribution in [0.4, 0.5) is 0 Å². The molecule has 1 aliphatic carbocycles. The van der Waals surface area contributed by atoms with Gasteiger partial charge in [-0.3, -0.25) is 0 Å². The van der Waals surface area contributed by atoms with E-state index in [-0.39, 0.29) is 6.04 Å². The van der Waals surface area contributed by atoms with E-state index >= 15 is 0 Å². The van der Waals surface area contributed by atoms with Crippen molar-refractivity contribution < 1.29 is 9.59 Å². The van der Waals surface area contributed by atoms with Crippen LogP contribution >= 0.6 is 0 Å². The van der Waals surface area contributed by atoms with Crippen LogP contribution in [0.5, 0.6) is 0 Å². The summed E-state index contributed by atoms with van der Waals surface area (Å²) < 4.78 is 0. The molecule has 1 fully saturated rings. The molecule has 0 N–H and O–H groups in total. The molecule has 2 unspecified atom stereocenters. The molecule has 0 spiro atoms. The Hall–Kier alpha value is -1.24.